The third-order valence-corrected chi connectivity index (χ3v) is 2.37. The molecule has 0 radical (unpaired) electrons. The summed E-state index contributed by atoms with van der Waals surface area (Å²) in [7, 11) is 1.38. The fourth-order valence-electron chi connectivity index (χ4n) is 1.76. The van der Waals surface area contributed by atoms with E-state index in [1.165, 1.54) is 7.11 Å². The van der Waals surface area contributed by atoms with Gasteiger partial charge < -0.3 is 13.7 Å². The molecule has 0 saturated carbocycles. The highest BCUT2D eigenvalue weighted by Crippen LogP contribution is 2.25. The molecule has 0 aliphatic rings. The molecule has 4 heteroatoms. The summed E-state index contributed by atoms with van der Waals surface area (Å²) in [5, 5.41) is 0. The molecule has 2 heterocycles. The maximum atomic E-state index is 11.5. The van der Waals surface area contributed by atoms with Gasteiger partial charge in [-0.2, -0.15) is 0 Å². The smallest absolute Gasteiger partial charge is 0.354 e. The largest absolute Gasteiger partial charge is 0.464 e. The lowest BCUT2D eigenvalue weighted by Gasteiger charge is -2.11. The Morgan fingerprint density at radius 3 is 2.87 bits per heavy atom. The first-order valence-electron chi connectivity index (χ1n) is 4.82. The van der Waals surface area contributed by atoms with Gasteiger partial charge in [-0.1, -0.05) is 0 Å². The number of carbonyl (C=O) groups excluding carboxylic acids is 1. The monoisotopic (exact) mass is 207 g/mol. The summed E-state index contributed by atoms with van der Waals surface area (Å²) in [5.41, 5.74) is 2.16. The predicted octanol–water partition coefficient (Wildman–Crippen LogP) is 2.60. The summed E-state index contributed by atoms with van der Waals surface area (Å²) in [6.07, 6.45) is 1.62. The fourth-order valence-corrected chi connectivity index (χ4v) is 1.76. The van der Waals surface area contributed by atoms with Crippen LogP contribution in [0.1, 0.15) is 30.4 Å². The predicted molar refractivity (Wildman–Crippen MR) is 55.9 cm³/mol. The Balaban J connectivity index is 2.67. The molecular formula is C11H13NO3. The van der Waals surface area contributed by atoms with Crippen molar-refractivity contribution in [2.45, 2.75) is 19.9 Å². The SMILES string of the molecule is COC(=O)c1cc2occc2n1C(C)C. The van der Waals surface area contributed by atoms with Gasteiger partial charge >= 0.3 is 5.97 Å². The highest BCUT2D eigenvalue weighted by Gasteiger charge is 2.19. The summed E-state index contributed by atoms with van der Waals surface area (Å²) in [5.74, 6) is -0.338. The molecule has 2 aromatic rings. The van der Waals surface area contributed by atoms with Crippen LogP contribution in [-0.2, 0) is 4.74 Å². The maximum Gasteiger partial charge on any atom is 0.354 e. The number of furan rings is 1. The Labute approximate surface area is 87.4 Å². The van der Waals surface area contributed by atoms with E-state index in [1.807, 2.05) is 24.5 Å². The van der Waals surface area contributed by atoms with E-state index >= 15 is 0 Å². The van der Waals surface area contributed by atoms with Crippen molar-refractivity contribution in [3.63, 3.8) is 0 Å². The van der Waals surface area contributed by atoms with E-state index in [0.29, 0.717) is 11.3 Å². The number of fused-ring (bicyclic) bond motifs is 1. The van der Waals surface area contributed by atoms with Crippen molar-refractivity contribution in [1.82, 2.24) is 4.57 Å². The van der Waals surface area contributed by atoms with Gasteiger partial charge in [0.15, 0.2) is 5.58 Å². The first kappa shape index (κ1) is 9.83. The molecule has 15 heavy (non-hydrogen) atoms. The average Bonchev–Trinajstić information content (AvgIpc) is 2.73. The van der Waals surface area contributed by atoms with E-state index in [4.69, 9.17) is 9.15 Å². The quantitative estimate of drug-likeness (QED) is 0.711. The molecular weight excluding hydrogens is 194 g/mol. The Morgan fingerprint density at radius 1 is 1.53 bits per heavy atom. The maximum absolute atomic E-state index is 11.5. The van der Waals surface area contributed by atoms with Gasteiger partial charge in [-0.25, -0.2) is 4.79 Å². The number of rotatable bonds is 2. The molecule has 0 bridgehead atoms. The first-order chi connectivity index (χ1) is 7.15. The third kappa shape index (κ3) is 1.42. The van der Waals surface area contributed by atoms with Crippen LogP contribution in [0.15, 0.2) is 22.8 Å². The van der Waals surface area contributed by atoms with Crippen LogP contribution < -0.4 is 0 Å². The van der Waals surface area contributed by atoms with E-state index in [9.17, 15) is 4.79 Å². The molecule has 0 unspecified atom stereocenters. The van der Waals surface area contributed by atoms with Gasteiger partial charge in [-0.15, -0.1) is 0 Å². The number of aromatic nitrogens is 1. The van der Waals surface area contributed by atoms with Gasteiger partial charge in [0.2, 0.25) is 0 Å². The zero-order valence-corrected chi connectivity index (χ0v) is 8.98. The van der Waals surface area contributed by atoms with Crippen LogP contribution >= 0.6 is 0 Å². The molecule has 4 nitrogen and oxygen atoms in total. The number of hydrogen-bond acceptors (Lipinski definition) is 3. The summed E-state index contributed by atoms with van der Waals surface area (Å²) in [6, 6.07) is 3.75. The number of carbonyl (C=O) groups is 1. The van der Waals surface area contributed by atoms with Crippen LogP contribution in [0.25, 0.3) is 11.1 Å². The van der Waals surface area contributed by atoms with E-state index in [0.717, 1.165) is 5.52 Å². The number of ether oxygens (including phenoxy) is 1. The van der Waals surface area contributed by atoms with Crippen LogP contribution in [0.3, 0.4) is 0 Å². The van der Waals surface area contributed by atoms with Crippen molar-refractivity contribution in [2.75, 3.05) is 7.11 Å². The molecule has 0 spiro atoms. The van der Waals surface area contributed by atoms with Gasteiger partial charge in [-0.05, 0) is 13.8 Å². The Kier molecular flexibility index (Phi) is 2.26. The van der Waals surface area contributed by atoms with E-state index in [1.54, 1.807) is 12.3 Å². The molecule has 0 aromatic carbocycles. The summed E-state index contributed by atoms with van der Waals surface area (Å²) >= 11 is 0. The lowest BCUT2D eigenvalue weighted by Crippen LogP contribution is -2.11. The van der Waals surface area contributed by atoms with Gasteiger partial charge in [0, 0.05) is 18.2 Å². The Morgan fingerprint density at radius 2 is 2.27 bits per heavy atom. The molecule has 80 valence electrons. The van der Waals surface area contributed by atoms with Crippen molar-refractivity contribution in [3.05, 3.63) is 24.1 Å². The molecule has 0 saturated heterocycles. The lowest BCUT2D eigenvalue weighted by atomic mass is 10.3. The second-order valence-electron chi connectivity index (χ2n) is 3.66. The highest BCUT2D eigenvalue weighted by molar-refractivity contribution is 5.94. The average molecular weight is 207 g/mol. The molecule has 0 aliphatic carbocycles. The Bertz CT molecular complexity index is 493. The van der Waals surface area contributed by atoms with Gasteiger partial charge in [0.05, 0.1) is 18.9 Å². The summed E-state index contributed by atoms with van der Waals surface area (Å²) < 4.78 is 11.9. The number of esters is 1. The van der Waals surface area contributed by atoms with E-state index in [2.05, 4.69) is 0 Å². The minimum atomic E-state index is -0.338. The molecule has 0 atom stereocenters. The van der Waals surface area contributed by atoms with Crippen LogP contribution in [-0.4, -0.2) is 17.6 Å². The van der Waals surface area contributed by atoms with Gasteiger partial charge in [0.25, 0.3) is 0 Å². The Hall–Kier alpha value is -1.71. The summed E-state index contributed by atoms with van der Waals surface area (Å²) in [4.78, 5) is 11.5. The van der Waals surface area contributed by atoms with Gasteiger partial charge in [0.1, 0.15) is 5.69 Å². The zero-order valence-electron chi connectivity index (χ0n) is 8.98. The number of nitrogens with zero attached hydrogens (tertiary/aromatic N) is 1. The first-order valence-corrected chi connectivity index (χ1v) is 4.82. The standard InChI is InChI=1S/C11H13NO3/c1-7(2)12-8-4-5-15-10(8)6-9(12)11(13)14-3/h4-7H,1-3H3. The molecule has 0 amide bonds. The fraction of sp³-hybridized carbons (Fsp3) is 0.364. The molecule has 0 aliphatic heterocycles. The minimum absolute atomic E-state index is 0.189. The molecule has 2 aromatic heterocycles. The van der Waals surface area contributed by atoms with Crippen LogP contribution in [0.2, 0.25) is 0 Å². The molecule has 2 rings (SSSR count). The minimum Gasteiger partial charge on any atom is -0.464 e. The zero-order chi connectivity index (χ0) is 11.0. The summed E-state index contributed by atoms with van der Waals surface area (Å²) in [6.45, 7) is 4.03. The van der Waals surface area contributed by atoms with Crippen molar-refractivity contribution in [3.8, 4) is 0 Å². The van der Waals surface area contributed by atoms with Crippen molar-refractivity contribution in [1.29, 1.82) is 0 Å². The molecule has 0 fully saturated rings. The second kappa shape index (κ2) is 3.46. The highest BCUT2D eigenvalue weighted by atomic mass is 16.5. The number of hydrogen-bond donors (Lipinski definition) is 0. The van der Waals surface area contributed by atoms with Crippen LogP contribution in [0, 0.1) is 0 Å². The second-order valence-corrected chi connectivity index (χ2v) is 3.66. The van der Waals surface area contributed by atoms with E-state index in [-0.39, 0.29) is 12.0 Å². The lowest BCUT2D eigenvalue weighted by molar-refractivity contribution is 0.0587. The van der Waals surface area contributed by atoms with Crippen LogP contribution in [0.5, 0.6) is 0 Å². The van der Waals surface area contributed by atoms with Gasteiger partial charge in [-0.3, -0.25) is 0 Å². The van der Waals surface area contributed by atoms with E-state index < -0.39 is 0 Å². The van der Waals surface area contributed by atoms with Crippen molar-refractivity contribution >= 4 is 17.1 Å². The van der Waals surface area contributed by atoms with Crippen molar-refractivity contribution < 1.29 is 13.9 Å². The normalized spacial score (nSPS) is 11.2. The number of methoxy groups -OCH3 is 1. The molecule has 0 N–H and O–H groups in total. The van der Waals surface area contributed by atoms with Crippen LogP contribution in [0.4, 0.5) is 0 Å². The third-order valence-electron chi connectivity index (χ3n) is 2.37. The van der Waals surface area contributed by atoms with Crippen molar-refractivity contribution in [2.24, 2.45) is 0 Å². The topological polar surface area (TPSA) is 44.4 Å².